The Kier molecular flexibility index (Phi) is 2.82. The van der Waals surface area contributed by atoms with E-state index in [1.807, 2.05) is 60.7 Å². The molecule has 3 nitrogen and oxygen atoms in total. The van der Waals surface area contributed by atoms with E-state index < -0.39 is 12.2 Å². The quantitative estimate of drug-likeness (QED) is 0.875. The minimum absolute atomic E-state index is 0.415. The Balaban J connectivity index is 1.87. The van der Waals surface area contributed by atoms with Crippen LogP contribution in [-0.2, 0) is 4.84 Å². The summed E-state index contributed by atoms with van der Waals surface area (Å²) in [4.78, 5) is 5.36. The lowest BCUT2D eigenvalue weighted by atomic mass is 9.97. The first kappa shape index (κ1) is 11.0. The fraction of sp³-hybridized carbons (Fsp3) is 0.133. The second-order valence-electron chi connectivity index (χ2n) is 4.22. The molecule has 18 heavy (non-hydrogen) atoms. The average molecular weight is 239 g/mol. The largest absolute Gasteiger partial charge is 0.384 e. The average Bonchev–Trinajstić information content (AvgIpc) is 2.83. The summed E-state index contributed by atoms with van der Waals surface area (Å²) in [6.07, 6.45) is -1.14. The van der Waals surface area contributed by atoms with Crippen molar-refractivity contribution in [1.29, 1.82) is 0 Å². The van der Waals surface area contributed by atoms with Gasteiger partial charge in [-0.3, -0.25) is 0 Å². The van der Waals surface area contributed by atoms with Gasteiger partial charge < -0.3 is 9.94 Å². The van der Waals surface area contributed by atoms with E-state index in [0.29, 0.717) is 5.71 Å². The predicted molar refractivity (Wildman–Crippen MR) is 69.3 cm³/mol. The SMILES string of the molecule is OC1C(c2ccccc2)=NOC1c1ccccc1. The van der Waals surface area contributed by atoms with Gasteiger partial charge in [-0.1, -0.05) is 65.8 Å². The van der Waals surface area contributed by atoms with E-state index in [1.54, 1.807) is 0 Å². The van der Waals surface area contributed by atoms with Gasteiger partial charge in [-0.15, -0.1) is 0 Å². The summed E-state index contributed by atoms with van der Waals surface area (Å²) in [6.45, 7) is 0. The molecule has 1 aliphatic rings. The summed E-state index contributed by atoms with van der Waals surface area (Å²) < 4.78 is 0. The Morgan fingerprint density at radius 3 is 2.17 bits per heavy atom. The number of hydrogen-bond acceptors (Lipinski definition) is 3. The van der Waals surface area contributed by atoms with E-state index in [4.69, 9.17) is 4.84 Å². The van der Waals surface area contributed by atoms with E-state index in [-0.39, 0.29) is 0 Å². The lowest BCUT2D eigenvalue weighted by molar-refractivity contribution is 0.0206. The number of hydrogen-bond donors (Lipinski definition) is 1. The minimum atomic E-state index is -0.727. The number of aliphatic hydroxyl groups is 1. The maximum Gasteiger partial charge on any atom is 0.184 e. The summed E-state index contributed by atoms with van der Waals surface area (Å²) in [7, 11) is 0. The Labute approximate surface area is 105 Å². The molecular formula is C15H13NO2. The van der Waals surface area contributed by atoms with Crippen LogP contribution < -0.4 is 0 Å². The molecule has 0 saturated carbocycles. The zero-order chi connectivity index (χ0) is 12.4. The van der Waals surface area contributed by atoms with E-state index >= 15 is 0 Å². The molecule has 0 fully saturated rings. The Hall–Kier alpha value is -2.13. The summed E-state index contributed by atoms with van der Waals surface area (Å²) in [5.74, 6) is 0. The van der Waals surface area contributed by atoms with Crippen molar-refractivity contribution in [1.82, 2.24) is 0 Å². The summed E-state index contributed by atoms with van der Waals surface area (Å²) in [5, 5.41) is 14.3. The Bertz CT molecular complexity index is 551. The smallest absolute Gasteiger partial charge is 0.184 e. The maximum atomic E-state index is 10.3. The summed E-state index contributed by atoms with van der Waals surface area (Å²) in [6, 6.07) is 19.2. The molecule has 0 bridgehead atoms. The van der Waals surface area contributed by atoms with Crippen LogP contribution in [0.2, 0.25) is 0 Å². The molecule has 2 aromatic rings. The molecule has 0 spiro atoms. The second kappa shape index (κ2) is 4.63. The number of nitrogens with zero attached hydrogens (tertiary/aromatic N) is 1. The zero-order valence-corrected chi connectivity index (χ0v) is 9.73. The normalized spacial score (nSPS) is 22.4. The van der Waals surface area contributed by atoms with Crippen molar-refractivity contribution in [3.8, 4) is 0 Å². The highest BCUT2D eigenvalue weighted by Crippen LogP contribution is 2.29. The first-order chi connectivity index (χ1) is 8.86. The molecule has 3 heteroatoms. The van der Waals surface area contributed by atoms with Crippen LogP contribution in [0, 0.1) is 0 Å². The van der Waals surface area contributed by atoms with Crippen LogP contribution in [0.4, 0.5) is 0 Å². The van der Waals surface area contributed by atoms with Gasteiger partial charge in [0.1, 0.15) is 11.8 Å². The van der Waals surface area contributed by atoms with Gasteiger partial charge in [-0.05, 0) is 5.56 Å². The van der Waals surface area contributed by atoms with Crippen LogP contribution in [0.25, 0.3) is 0 Å². The highest BCUT2D eigenvalue weighted by atomic mass is 16.7. The van der Waals surface area contributed by atoms with Gasteiger partial charge in [-0.2, -0.15) is 0 Å². The Morgan fingerprint density at radius 1 is 0.889 bits per heavy atom. The third-order valence-corrected chi connectivity index (χ3v) is 3.03. The topological polar surface area (TPSA) is 41.8 Å². The highest BCUT2D eigenvalue weighted by Gasteiger charge is 2.34. The number of rotatable bonds is 2. The molecule has 2 unspecified atom stereocenters. The van der Waals surface area contributed by atoms with Crippen molar-refractivity contribution in [2.75, 3.05) is 0 Å². The molecule has 0 amide bonds. The van der Waals surface area contributed by atoms with Crippen molar-refractivity contribution in [3.63, 3.8) is 0 Å². The van der Waals surface area contributed by atoms with Crippen molar-refractivity contribution >= 4 is 5.71 Å². The molecule has 2 aromatic carbocycles. The lowest BCUT2D eigenvalue weighted by Gasteiger charge is -2.13. The molecule has 0 saturated heterocycles. The van der Waals surface area contributed by atoms with E-state index in [2.05, 4.69) is 5.16 Å². The molecule has 1 N–H and O–H groups in total. The molecule has 0 aliphatic carbocycles. The molecule has 1 heterocycles. The zero-order valence-electron chi connectivity index (χ0n) is 9.73. The fourth-order valence-corrected chi connectivity index (χ4v) is 2.09. The third kappa shape index (κ3) is 1.89. The summed E-state index contributed by atoms with van der Waals surface area (Å²) in [5.41, 5.74) is 2.41. The van der Waals surface area contributed by atoms with Gasteiger partial charge in [0.05, 0.1) is 0 Å². The number of oxime groups is 1. The molecule has 2 atom stereocenters. The molecule has 3 rings (SSSR count). The van der Waals surface area contributed by atoms with Crippen LogP contribution in [0.5, 0.6) is 0 Å². The molecule has 1 aliphatic heterocycles. The van der Waals surface area contributed by atoms with Gasteiger partial charge >= 0.3 is 0 Å². The van der Waals surface area contributed by atoms with E-state index in [9.17, 15) is 5.11 Å². The first-order valence-electron chi connectivity index (χ1n) is 5.88. The monoisotopic (exact) mass is 239 g/mol. The molecule has 0 radical (unpaired) electrons. The van der Waals surface area contributed by atoms with Gasteiger partial charge in [0.2, 0.25) is 0 Å². The van der Waals surface area contributed by atoms with Crippen LogP contribution in [0.15, 0.2) is 65.8 Å². The van der Waals surface area contributed by atoms with Crippen molar-refractivity contribution in [3.05, 3.63) is 71.8 Å². The van der Waals surface area contributed by atoms with E-state index in [1.165, 1.54) is 0 Å². The first-order valence-corrected chi connectivity index (χ1v) is 5.88. The van der Waals surface area contributed by atoms with Crippen molar-refractivity contribution < 1.29 is 9.94 Å². The molecule has 0 aromatic heterocycles. The summed E-state index contributed by atoms with van der Waals surface area (Å²) >= 11 is 0. The predicted octanol–water partition coefficient (Wildman–Crippen LogP) is 2.52. The number of benzene rings is 2. The Morgan fingerprint density at radius 2 is 1.50 bits per heavy atom. The number of aliphatic hydroxyl groups excluding tert-OH is 1. The highest BCUT2D eigenvalue weighted by molar-refractivity contribution is 6.04. The van der Waals surface area contributed by atoms with Crippen LogP contribution >= 0.6 is 0 Å². The van der Waals surface area contributed by atoms with Crippen LogP contribution in [-0.4, -0.2) is 16.9 Å². The minimum Gasteiger partial charge on any atom is -0.384 e. The van der Waals surface area contributed by atoms with Crippen molar-refractivity contribution in [2.45, 2.75) is 12.2 Å². The second-order valence-corrected chi connectivity index (χ2v) is 4.22. The fourth-order valence-electron chi connectivity index (χ4n) is 2.09. The van der Waals surface area contributed by atoms with E-state index in [0.717, 1.165) is 11.1 Å². The van der Waals surface area contributed by atoms with Gasteiger partial charge in [-0.25, -0.2) is 0 Å². The third-order valence-electron chi connectivity index (χ3n) is 3.03. The standard InChI is InChI=1S/C15H13NO2/c17-14-13(11-7-3-1-4-8-11)16-18-15(14)12-9-5-2-6-10-12/h1-10,14-15,17H. The maximum absolute atomic E-state index is 10.3. The molecular weight excluding hydrogens is 226 g/mol. The van der Waals surface area contributed by atoms with Gasteiger partial charge in [0.15, 0.2) is 6.10 Å². The van der Waals surface area contributed by atoms with Gasteiger partial charge in [0.25, 0.3) is 0 Å². The van der Waals surface area contributed by atoms with Crippen LogP contribution in [0.3, 0.4) is 0 Å². The molecule has 90 valence electrons. The van der Waals surface area contributed by atoms with Gasteiger partial charge in [0, 0.05) is 5.56 Å². The van der Waals surface area contributed by atoms with Crippen molar-refractivity contribution in [2.24, 2.45) is 5.16 Å². The van der Waals surface area contributed by atoms with Crippen LogP contribution in [0.1, 0.15) is 17.2 Å². The lowest BCUT2D eigenvalue weighted by Crippen LogP contribution is -2.23.